The zero-order valence-electron chi connectivity index (χ0n) is 18.1. The number of rotatable bonds is 9. The SMILES string of the molecule is COC(=O)c1cc(CNC(=O)CSc2nnc(-c3ccco3)n2Cc2ccccc2)oc1C. The van der Waals surface area contributed by atoms with Crippen LogP contribution in [0, 0.1) is 6.92 Å². The Kier molecular flexibility index (Phi) is 6.94. The minimum Gasteiger partial charge on any atom is -0.465 e. The molecule has 0 spiro atoms. The van der Waals surface area contributed by atoms with Gasteiger partial charge >= 0.3 is 5.97 Å². The molecule has 4 aromatic rings. The Morgan fingerprint density at radius 3 is 2.70 bits per heavy atom. The van der Waals surface area contributed by atoms with E-state index in [4.69, 9.17) is 13.6 Å². The van der Waals surface area contributed by atoms with E-state index in [2.05, 4.69) is 15.5 Å². The second-order valence-corrected chi connectivity index (χ2v) is 8.04. The minimum absolute atomic E-state index is 0.134. The third kappa shape index (κ3) is 5.35. The molecular formula is C23H22N4O5S. The highest BCUT2D eigenvalue weighted by Gasteiger charge is 2.19. The van der Waals surface area contributed by atoms with Crippen molar-refractivity contribution in [3.63, 3.8) is 0 Å². The summed E-state index contributed by atoms with van der Waals surface area (Å²) in [6, 6.07) is 15.1. The van der Waals surface area contributed by atoms with Crippen molar-refractivity contribution in [2.45, 2.75) is 25.2 Å². The molecule has 170 valence electrons. The fourth-order valence-corrected chi connectivity index (χ4v) is 3.97. The van der Waals surface area contributed by atoms with Crippen LogP contribution in [0.1, 0.15) is 27.4 Å². The number of carbonyl (C=O) groups is 2. The Labute approximate surface area is 194 Å². The topological polar surface area (TPSA) is 112 Å². The summed E-state index contributed by atoms with van der Waals surface area (Å²) in [5, 5.41) is 11.9. The molecule has 3 heterocycles. The molecule has 4 rings (SSSR count). The Balaban J connectivity index is 1.41. The van der Waals surface area contributed by atoms with E-state index in [0.717, 1.165) is 5.56 Å². The summed E-state index contributed by atoms with van der Waals surface area (Å²) in [6.07, 6.45) is 1.58. The van der Waals surface area contributed by atoms with Crippen molar-refractivity contribution in [1.29, 1.82) is 0 Å². The van der Waals surface area contributed by atoms with E-state index in [1.165, 1.54) is 18.9 Å². The first-order valence-corrected chi connectivity index (χ1v) is 11.1. The number of methoxy groups -OCH3 is 1. The van der Waals surface area contributed by atoms with Gasteiger partial charge in [-0.05, 0) is 30.7 Å². The van der Waals surface area contributed by atoms with Gasteiger partial charge in [-0.2, -0.15) is 0 Å². The summed E-state index contributed by atoms with van der Waals surface area (Å²) in [5.41, 5.74) is 1.42. The fourth-order valence-electron chi connectivity index (χ4n) is 3.20. The molecule has 0 bridgehead atoms. The fraction of sp³-hybridized carbons (Fsp3) is 0.217. The molecule has 0 unspecified atom stereocenters. The predicted molar refractivity (Wildman–Crippen MR) is 121 cm³/mol. The molecule has 0 aliphatic rings. The van der Waals surface area contributed by atoms with Gasteiger partial charge in [0.05, 0.1) is 32.2 Å². The van der Waals surface area contributed by atoms with E-state index in [0.29, 0.717) is 40.4 Å². The van der Waals surface area contributed by atoms with E-state index in [9.17, 15) is 9.59 Å². The molecule has 1 N–H and O–H groups in total. The Bertz CT molecular complexity index is 1230. The number of esters is 1. The third-order valence-corrected chi connectivity index (χ3v) is 5.77. The van der Waals surface area contributed by atoms with Gasteiger partial charge in [-0.1, -0.05) is 42.1 Å². The molecule has 0 saturated heterocycles. The predicted octanol–water partition coefficient (Wildman–Crippen LogP) is 3.68. The highest BCUT2D eigenvalue weighted by Crippen LogP contribution is 2.25. The number of aromatic nitrogens is 3. The normalized spacial score (nSPS) is 10.8. The molecule has 1 aromatic carbocycles. The van der Waals surface area contributed by atoms with Crippen molar-refractivity contribution >= 4 is 23.6 Å². The van der Waals surface area contributed by atoms with Gasteiger partial charge in [0.1, 0.15) is 17.1 Å². The molecule has 0 saturated carbocycles. The number of furan rings is 2. The van der Waals surface area contributed by atoms with Gasteiger partial charge < -0.3 is 18.9 Å². The monoisotopic (exact) mass is 466 g/mol. The van der Waals surface area contributed by atoms with Gasteiger partial charge in [0, 0.05) is 0 Å². The van der Waals surface area contributed by atoms with E-state index in [1.54, 1.807) is 25.3 Å². The molecule has 3 aromatic heterocycles. The van der Waals surface area contributed by atoms with Crippen LogP contribution in [0.3, 0.4) is 0 Å². The van der Waals surface area contributed by atoms with Crippen LogP contribution in [0.15, 0.2) is 68.8 Å². The van der Waals surface area contributed by atoms with Crippen molar-refractivity contribution < 1.29 is 23.2 Å². The highest BCUT2D eigenvalue weighted by molar-refractivity contribution is 7.99. The summed E-state index contributed by atoms with van der Waals surface area (Å²) in [4.78, 5) is 24.1. The zero-order chi connectivity index (χ0) is 23.2. The minimum atomic E-state index is -0.477. The number of thioether (sulfide) groups is 1. The van der Waals surface area contributed by atoms with Crippen LogP contribution in [0.25, 0.3) is 11.6 Å². The van der Waals surface area contributed by atoms with E-state index in [1.807, 2.05) is 41.0 Å². The standard InChI is InChI=1S/C23H22N4O5S/c1-15-18(22(29)30-2)11-17(32-15)12-24-20(28)14-33-23-26-25-21(19-9-6-10-31-19)27(23)13-16-7-4-3-5-8-16/h3-11H,12-14H2,1-2H3,(H,24,28). The number of aryl methyl sites for hydroxylation is 1. The lowest BCUT2D eigenvalue weighted by atomic mass is 10.2. The van der Waals surface area contributed by atoms with E-state index < -0.39 is 5.97 Å². The van der Waals surface area contributed by atoms with Crippen molar-refractivity contribution in [2.75, 3.05) is 12.9 Å². The molecule has 0 aliphatic heterocycles. The lowest BCUT2D eigenvalue weighted by molar-refractivity contribution is -0.118. The number of hydrogen-bond acceptors (Lipinski definition) is 8. The largest absolute Gasteiger partial charge is 0.465 e. The summed E-state index contributed by atoms with van der Waals surface area (Å²) >= 11 is 1.28. The highest BCUT2D eigenvalue weighted by atomic mass is 32.2. The Hall–Kier alpha value is -3.79. The van der Waals surface area contributed by atoms with E-state index >= 15 is 0 Å². The quantitative estimate of drug-likeness (QED) is 0.294. The molecule has 0 atom stereocenters. The number of amides is 1. The average molecular weight is 467 g/mol. The van der Waals surface area contributed by atoms with E-state index in [-0.39, 0.29) is 18.2 Å². The van der Waals surface area contributed by atoms with Crippen molar-refractivity contribution in [2.24, 2.45) is 0 Å². The molecule has 0 fully saturated rings. The van der Waals surface area contributed by atoms with Crippen LogP contribution in [-0.4, -0.2) is 39.5 Å². The molecule has 9 nitrogen and oxygen atoms in total. The number of ether oxygens (including phenoxy) is 1. The molecule has 33 heavy (non-hydrogen) atoms. The maximum absolute atomic E-state index is 12.4. The van der Waals surface area contributed by atoms with Gasteiger partial charge in [0.15, 0.2) is 10.9 Å². The molecule has 10 heteroatoms. The Morgan fingerprint density at radius 1 is 1.15 bits per heavy atom. The van der Waals surface area contributed by atoms with Crippen LogP contribution >= 0.6 is 11.8 Å². The van der Waals surface area contributed by atoms with Crippen molar-refractivity contribution in [3.8, 4) is 11.6 Å². The summed E-state index contributed by atoms with van der Waals surface area (Å²) in [5.74, 6) is 1.56. The van der Waals surface area contributed by atoms with Gasteiger partial charge in [-0.15, -0.1) is 10.2 Å². The number of nitrogens with zero attached hydrogens (tertiary/aromatic N) is 3. The van der Waals surface area contributed by atoms with Crippen LogP contribution < -0.4 is 5.32 Å². The average Bonchev–Trinajstić information content (AvgIpc) is 3.57. The smallest absolute Gasteiger partial charge is 0.341 e. The summed E-state index contributed by atoms with van der Waals surface area (Å²) in [7, 11) is 1.31. The maximum Gasteiger partial charge on any atom is 0.341 e. The molecular weight excluding hydrogens is 444 g/mol. The third-order valence-electron chi connectivity index (χ3n) is 4.81. The number of nitrogens with one attached hydrogen (secondary N) is 1. The van der Waals surface area contributed by atoms with Crippen LogP contribution in [0.4, 0.5) is 0 Å². The van der Waals surface area contributed by atoms with Gasteiger partial charge in [0.25, 0.3) is 0 Å². The first-order chi connectivity index (χ1) is 16.0. The second kappa shape index (κ2) is 10.2. The molecule has 0 aliphatic carbocycles. The number of benzene rings is 1. The lowest BCUT2D eigenvalue weighted by Crippen LogP contribution is -2.24. The molecule has 0 radical (unpaired) electrons. The molecule has 1 amide bonds. The maximum atomic E-state index is 12.4. The zero-order valence-corrected chi connectivity index (χ0v) is 18.9. The first kappa shape index (κ1) is 22.4. The van der Waals surface area contributed by atoms with Gasteiger partial charge in [-0.25, -0.2) is 4.79 Å². The van der Waals surface area contributed by atoms with Crippen LogP contribution in [0.5, 0.6) is 0 Å². The van der Waals surface area contributed by atoms with Crippen LogP contribution in [0.2, 0.25) is 0 Å². The second-order valence-electron chi connectivity index (χ2n) is 7.09. The van der Waals surface area contributed by atoms with Crippen LogP contribution in [-0.2, 0) is 22.6 Å². The number of hydrogen-bond donors (Lipinski definition) is 1. The Morgan fingerprint density at radius 2 is 1.97 bits per heavy atom. The summed E-state index contributed by atoms with van der Waals surface area (Å²) in [6.45, 7) is 2.37. The first-order valence-electron chi connectivity index (χ1n) is 10.1. The van der Waals surface area contributed by atoms with Crippen molar-refractivity contribution in [1.82, 2.24) is 20.1 Å². The van der Waals surface area contributed by atoms with Crippen molar-refractivity contribution in [3.05, 3.63) is 77.4 Å². The van der Waals surface area contributed by atoms with Gasteiger partial charge in [0.2, 0.25) is 11.7 Å². The number of carbonyl (C=O) groups excluding carboxylic acids is 2. The lowest BCUT2D eigenvalue weighted by Gasteiger charge is -2.09. The van der Waals surface area contributed by atoms with Gasteiger partial charge in [-0.3, -0.25) is 9.36 Å². The summed E-state index contributed by atoms with van der Waals surface area (Å²) < 4.78 is 17.7.